The fourth-order valence-corrected chi connectivity index (χ4v) is 3.43. The molecule has 1 aromatic rings. The molecule has 0 aromatic heterocycles. The molecule has 3 nitrogen and oxygen atoms in total. The molecule has 0 unspecified atom stereocenters. The zero-order chi connectivity index (χ0) is 16.7. The Balaban J connectivity index is 1.66. The van der Waals surface area contributed by atoms with Crippen LogP contribution in [0, 0.1) is 0 Å². The number of halogens is 1. The number of benzene rings is 1. The third kappa shape index (κ3) is 6.09. The summed E-state index contributed by atoms with van der Waals surface area (Å²) in [5.74, 6) is 1.53. The van der Waals surface area contributed by atoms with E-state index in [1.165, 1.54) is 51.3 Å². The summed E-state index contributed by atoms with van der Waals surface area (Å²) >= 11 is 3.55. The predicted octanol–water partition coefficient (Wildman–Crippen LogP) is 4.37. The lowest BCUT2D eigenvalue weighted by molar-refractivity contribution is 0.134. The monoisotopic (exact) mass is 382 g/mol. The normalized spacial score (nSPS) is 16.9. The van der Waals surface area contributed by atoms with Crippen molar-refractivity contribution >= 4 is 15.9 Å². The average Bonchev–Trinajstić information content (AvgIpc) is 2.56. The minimum Gasteiger partial charge on any atom is -0.493 e. The van der Waals surface area contributed by atoms with Gasteiger partial charge in [-0.15, -0.1) is 0 Å². The maximum atomic E-state index is 6.03. The molecular weight excluding hydrogens is 352 g/mol. The van der Waals surface area contributed by atoms with Gasteiger partial charge in [0.15, 0.2) is 0 Å². The van der Waals surface area contributed by atoms with Gasteiger partial charge in [-0.25, -0.2) is 0 Å². The molecule has 1 fully saturated rings. The van der Waals surface area contributed by atoms with Crippen LogP contribution in [0.15, 0.2) is 22.7 Å². The molecule has 1 aliphatic heterocycles. The van der Waals surface area contributed by atoms with Crippen LogP contribution in [0.25, 0.3) is 0 Å². The number of unbranched alkanes of at least 4 members (excludes halogenated alkanes) is 1. The Morgan fingerprint density at radius 1 is 1.09 bits per heavy atom. The van der Waals surface area contributed by atoms with Crippen molar-refractivity contribution in [3.05, 3.63) is 28.2 Å². The number of hydrogen-bond donors (Lipinski definition) is 0. The fraction of sp³-hybridized carbons (Fsp3) is 0.684. The molecule has 0 N–H and O–H groups in total. The lowest BCUT2D eigenvalue weighted by Gasteiger charge is -2.33. The summed E-state index contributed by atoms with van der Waals surface area (Å²) in [4.78, 5) is 5.12. The molecule has 0 aliphatic carbocycles. The van der Waals surface area contributed by atoms with Crippen LogP contribution in [-0.4, -0.2) is 55.7 Å². The van der Waals surface area contributed by atoms with E-state index in [1.54, 1.807) is 0 Å². The van der Waals surface area contributed by atoms with E-state index in [1.807, 2.05) is 0 Å². The van der Waals surface area contributed by atoms with Gasteiger partial charge in [0.25, 0.3) is 0 Å². The van der Waals surface area contributed by atoms with Crippen LogP contribution in [-0.2, 0) is 0 Å². The van der Waals surface area contributed by atoms with E-state index in [9.17, 15) is 0 Å². The molecule has 1 aliphatic rings. The molecule has 0 amide bonds. The number of ether oxygens (including phenoxy) is 1. The van der Waals surface area contributed by atoms with Crippen molar-refractivity contribution in [2.24, 2.45) is 0 Å². The third-order valence-corrected chi connectivity index (χ3v) is 5.13. The van der Waals surface area contributed by atoms with Gasteiger partial charge in [0.05, 0.1) is 6.61 Å². The first-order valence-electron chi connectivity index (χ1n) is 8.97. The van der Waals surface area contributed by atoms with Crippen molar-refractivity contribution in [3.8, 4) is 5.75 Å². The van der Waals surface area contributed by atoms with Gasteiger partial charge in [0.2, 0.25) is 0 Å². The van der Waals surface area contributed by atoms with Crippen LogP contribution in [0.3, 0.4) is 0 Å². The molecule has 130 valence electrons. The highest BCUT2D eigenvalue weighted by Crippen LogP contribution is 2.29. The number of piperazine rings is 1. The van der Waals surface area contributed by atoms with Crippen molar-refractivity contribution in [2.45, 2.75) is 39.5 Å². The van der Waals surface area contributed by atoms with Gasteiger partial charge < -0.3 is 14.5 Å². The van der Waals surface area contributed by atoms with Crippen molar-refractivity contribution in [1.82, 2.24) is 9.80 Å². The van der Waals surface area contributed by atoms with Crippen LogP contribution in [0.1, 0.15) is 45.1 Å². The fourth-order valence-electron chi connectivity index (χ4n) is 3.05. The van der Waals surface area contributed by atoms with E-state index in [0.717, 1.165) is 23.2 Å². The van der Waals surface area contributed by atoms with E-state index in [2.05, 4.69) is 64.7 Å². The molecule has 0 saturated carbocycles. The molecule has 0 atom stereocenters. The molecule has 4 heteroatoms. The molecule has 2 rings (SSSR count). The second kappa shape index (κ2) is 9.65. The predicted molar refractivity (Wildman–Crippen MR) is 102 cm³/mol. The maximum absolute atomic E-state index is 6.03. The average molecular weight is 383 g/mol. The van der Waals surface area contributed by atoms with Crippen molar-refractivity contribution in [2.75, 3.05) is 45.9 Å². The first-order chi connectivity index (χ1) is 11.1. The van der Waals surface area contributed by atoms with Crippen molar-refractivity contribution < 1.29 is 4.74 Å². The van der Waals surface area contributed by atoms with Crippen LogP contribution in [0.4, 0.5) is 0 Å². The van der Waals surface area contributed by atoms with Crippen LogP contribution in [0.5, 0.6) is 5.75 Å². The zero-order valence-electron chi connectivity index (χ0n) is 14.9. The lowest BCUT2D eigenvalue weighted by Crippen LogP contribution is -2.46. The van der Waals surface area contributed by atoms with E-state index < -0.39 is 0 Å². The Bertz CT molecular complexity index is 470. The molecule has 0 spiro atoms. The van der Waals surface area contributed by atoms with Gasteiger partial charge in [0, 0.05) is 30.7 Å². The van der Waals surface area contributed by atoms with Gasteiger partial charge >= 0.3 is 0 Å². The topological polar surface area (TPSA) is 15.7 Å². The highest BCUT2D eigenvalue weighted by molar-refractivity contribution is 9.10. The van der Waals surface area contributed by atoms with Gasteiger partial charge in [-0.1, -0.05) is 36.7 Å². The zero-order valence-corrected chi connectivity index (χ0v) is 16.4. The van der Waals surface area contributed by atoms with Gasteiger partial charge in [-0.3, -0.25) is 0 Å². The van der Waals surface area contributed by atoms with Crippen LogP contribution in [0.2, 0.25) is 0 Å². The molecule has 1 saturated heterocycles. The first-order valence-corrected chi connectivity index (χ1v) is 9.76. The SMILES string of the molecule is CCN1CCN(CCCCOc2ccc(Br)cc2C(C)C)CC1. The standard InChI is InChI=1S/C19H31BrN2O/c1-4-21-10-12-22(13-11-21)9-5-6-14-23-19-8-7-17(20)15-18(19)16(2)3/h7-8,15-16H,4-6,9-14H2,1-3H3. The Kier molecular flexibility index (Phi) is 7.87. The summed E-state index contributed by atoms with van der Waals surface area (Å²) in [6.45, 7) is 14.8. The van der Waals surface area contributed by atoms with Crippen LogP contribution < -0.4 is 4.74 Å². The van der Waals surface area contributed by atoms with E-state index in [0.29, 0.717) is 5.92 Å². The number of nitrogens with zero attached hydrogens (tertiary/aromatic N) is 2. The second-order valence-electron chi connectivity index (χ2n) is 6.67. The third-order valence-electron chi connectivity index (χ3n) is 4.63. The maximum Gasteiger partial charge on any atom is 0.122 e. The van der Waals surface area contributed by atoms with Crippen molar-refractivity contribution in [3.63, 3.8) is 0 Å². The van der Waals surface area contributed by atoms with E-state index in [4.69, 9.17) is 4.74 Å². The molecule has 1 aromatic carbocycles. The lowest BCUT2D eigenvalue weighted by atomic mass is 10.0. The molecular formula is C19H31BrN2O. The first kappa shape index (κ1) is 18.8. The highest BCUT2D eigenvalue weighted by Gasteiger charge is 2.14. The number of rotatable bonds is 8. The summed E-state index contributed by atoms with van der Waals surface area (Å²) in [5.41, 5.74) is 1.29. The van der Waals surface area contributed by atoms with Gasteiger partial charge in [0.1, 0.15) is 5.75 Å². The second-order valence-corrected chi connectivity index (χ2v) is 7.58. The van der Waals surface area contributed by atoms with E-state index >= 15 is 0 Å². The molecule has 23 heavy (non-hydrogen) atoms. The summed E-state index contributed by atoms with van der Waals surface area (Å²) in [6.07, 6.45) is 2.35. The quantitative estimate of drug-likeness (QED) is 0.620. The molecule has 0 bridgehead atoms. The smallest absolute Gasteiger partial charge is 0.122 e. The summed E-state index contributed by atoms with van der Waals surface area (Å²) in [6, 6.07) is 6.32. The summed E-state index contributed by atoms with van der Waals surface area (Å²) in [7, 11) is 0. The molecule has 1 heterocycles. The van der Waals surface area contributed by atoms with Crippen molar-refractivity contribution in [1.29, 1.82) is 0 Å². The summed E-state index contributed by atoms with van der Waals surface area (Å²) < 4.78 is 7.15. The van der Waals surface area contributed by atoms with Crippen LogP contribution >= 0.6 is 15.9 Å². The summed E-state index contributed by atoms with van der Waals surface area (Å²) in [5, 5.41) is 0. The number of hydrogen-bond acceptors (Lipinski definition) is 3. The Morgan fingerprint density at radius 2 is 1.78 bits per heavy atom. The van der Waals surface area contributed by atoms with E-state index in [-0.39, 0.29) is 0 Å². The minimum absolute atomic E-state index is 0.484. The Morgan fingerprint density at radius 3 is 2.43 bits per heavy atom. The minimum atomic E-state index is 0.484. The largest absolute Gasteiger partial charge is 0.493 e. The highest BCUT2D eigenvalue weighted by atomic mass is 79.9. The Hall–Kier alpha value is -0.580. The van der Waals surface area contributed by atoms with Gasteiger partial charge in [-0.05, 0) is 55.6 Å². The Labute approximate surface area is 150 Å². The molecule has 0 radical (unpaired) electrons. The number of likely N-dealkylation sites (N-methyl/N-ethyl adjacent to an activating group) is 1. The van der Waals surface area contributed by atoms with Gasteiger partial charge in [-0.2, -0.15) is 0 Å².